The summed E-state index contributed by atoms with van der Waals surface area (Å²) >= 11 is 0. The maximum Gasteiger partial charge on any atom is 0.119 e. The standard InChI is InChI=1S/C18H21NO/c1-19(13-14-20-16-8-3-2-4-9-16)18-12-11-15-7-5-6-10-17(15)18/h2-10,18H,11-14H2,1H3. The molecule has 0 aliphatic heterocycles. The molecular formula is C18H21NO. The van der Waals surface area contributed by atoms with Gasteiger partial charge in [-0.25, -0.2) is 0 Å². The van der Waals surface area contributed by atoms with Crippen LogP contribution in [0.1, 0.15) is 23.6 Å². The number of rotatable bonds is 5. The van der Waals surface area contributed by atoms with Gasteiger partial charge in [0.15, 0.2) is 0 Å². The Morgan fingerprint density at radius 3 is 2.65 bits per heavy atom. The van der Waals surface area contributed by atoms with Gasteiger partial charge in [0.2, 0.25) is 0 Å². The minimum atomic E-state index is 0.547. The Labute approximate surface area is 121 Å². The number of hydrogen-bond donors (Lipinski definition) is 0. The first-order valence-electron chi connectivity index (χ1n) is 7.30. The van der Waals surface area contributed by atoms with Crippen LogP contribution < -0.4 is 4.74 Å². The van der Waals surface area contributed by atoms with Gasteiger partial charge in [-0.05, 0) is 43.1 Å². The second kappa shape index (κ2) is 6.10. The topological polar surface area (TPSA) is 12.5 Å². The first-order valence-corrected chi connectivity index (χ1v) is 7.30. The number of para-hydroxylation sites is 1. The smallest absolute Gasteiger partial charge is 0.119 e. The van der Waals surface area contributed by atoms with Gasteiger partial charge < -0.3 is 4.74 Å². The molecule has 0 saturated carbocycles. The minimum absolute atomic E-state index is 0.547. The fourth-order valence-electron chi connectivity index (χ4n) is 2.97. The molecule has 0 amide bonds. The first kappa shape index (κ1) is 13.2. The fraction of sp³-hybridized carbons (Fsp3) is 0.333. The second-order valence-corrected chi connectivity index (χ2v) is 5.40. The zero-order valence-corrected chi connectivity index (χ0v) is 12.0. The summed E-state index contributed by atoms with van der Waals surface area (Å²) in [7, 11) is 2.20. The highest BCUT2D eigenvalue weighted by molar-refractivity contribution is 5.34. The maximum absolute atomic E-state index is 5.78. The number of ether oxygens (including phenoxy) is 1. The van der Waals surface area contributed by atoms with E-state index in [0.717, 1.165) is 18.9 Å². The van der Waals surface area contributed by atoms with Gasteiger partial charge in [-0.1, -0.05) is 42.5 Å². The zero-order chi connectivity index (χ0) is 13.8. The Morgan fingerprint density at radius 2 is 1.80 bits per heavy atom. The highest BCUT2D eigenvalue weighted by Crippen LogP contribution is 2.34. The van der Waals surface area contributed by atoms with Gasteiger partial charge in [0.1, 0.15) is 12.4 Å². The molecule has 0 bridgehead atoms. The van der Waals surface area contributed by atoms with Crippen LogP contribution in [0.3, 0.4) is 0 Å². The molecule has 2 heteroatoms. The van der Waals surface area contributed by atoms with Gasteiger partial charge in [0, 0.05) is 12.6 Å². The van der Waals surface area contributed by atoms with Gasteiger partial charge in [-0.15, -0.1) is 0 Å². The SMILES string of the molecule is CN(CCOc1ccccc1)C1CCc2ccccc21. The number of nitrogens with zero attached hydrogens (tertiary/aromatic N) is 1. The Balaban J connectivity index is 1.54. The molecule has 104 valence electrons. The Kier molecular flexibility index (Phi) is 4.03. The lowest BCUT2D eigenvalue weighted by molar-refractivity contribution is 0.191. The summed E-state index contributed by atoms with van der Waals surface area (Å²) in [6, 6.07) is 19.4. The zero-order valence-electron chi connectivity index (χ0n) is 12.0. The Morgan fingerprint density at radius 1 is 1.05 bits per heavy atom. The molecule has 1 aliphatic rings. The van der Waals surface area contributed by atoms with E-state index >= 15 is 0 Å². The summed E-state index contributed by atoms with van der Waals surface area (Å²) in [5.41, 5.74) is 3.00. The largest absolute Gasteiger partial charge is 0.492 e. The molecule has 2 aromatic carbocycles. The number of hydrogen-bond acceptors (Lipinski definition) is 2. The summed E-state index contributed by atoms with van der Waals surface area (Å²) in [4.78, 5) is 2.41. The molecule has 1 unspecified atom stereocenters. The van der Waals surface area contributed by atoms with Gasteiger partial charge in [-0.3, -0.25) is 4.90 Å². The molecule has 2 nitrogen and oxygen atoms in total. The quantitative estimate of drug-likeness (QED) is 0.819. The van der Waals surface area contributed by atoms with E-state index in [-0.39, 0.29) is 0 Å². The van der Waals surface area contributed by atoms with Crippen molar-refractivity contribution in [3.05, 3.63) is 65.7 Å². The van der Waals surface area contributed by atoms with Crippen molar-refractivity contribution in [1.29, 1.82) is 0 Å². The van der Waals surface area contributed by atoms with Crippen LogP contribution in [0.25, 0.3) is 0 Å². The average Bonchev–Trinajstić information content (AvgIpc) is 2.92. The normalized spacial score (nSPS) is 17.2. The minimum Gasteiger partial charge on any atom is -0.492 e. The third-order valence-corrected chi connectivity index (χ3v) is 4.09. The monoisotopic (exact) mass is 267 g/mol. The van der Waals surface area contributed by atoms with Crippen LogP contribution in [0.5, 0.6) is 5.75 Å². The molecule has 20 heavy (non-hydrogen) atoms. The van der Waals surface area contributed by atoms with Crippen molar-refractivity contribution in [1.82, 2.24) is 4.90 Å². The van der Waals surface area contributed by atoms with Crippen LogP contribution in [-0.4, -0.2) is 25.1 Å². The highest BCUT2D eigenvalue weighted by Gasteiger charge is 2.24. The van der Waals surface area contributed by atoms with E-state index in [1.807, 2.05) is 30.3 Å². The van der Waals surface area contributed by atoms with Gasteiger partial charge in [0.25, 0.3) is 0 Å². The molecule has 1 atom stereocenters. The molecule has 0 saturated heterocycles. The first-order chi connectivity index (χ1) is 9.84. The summed E-state index contributed by atoms with van der Waals surface area (Å²) < 4.78 is 5.78. The van der Waals surface area contributed by atoms with Gasteiger partial charge >= 0.3 is 0 Å². The summed E-state index contributed by atoms with van der Waals surface area (Å²) in [5, 5.41) is 0. The molecule has 0 heterocycles. The third kappa shape index (κ3) is 2.86. The van der Waals surface area contributed by atoms with E-state index < -0.39 is 0 Å². The highest BCUT2D eigenvalue weighted by atomic mass is 16.5. The van der Waals surface area contributed by atoms with Crippen molar-refractivity contribution >= 4 is 0 Å². The van der Waals surface area contributed by atoms with Crippen LogP contribution in [0.15, 0.2) is 54.6 Å². The lowest BCUT2D eigenvalue weighted by Gasteiger charge is -2.25. The lowest BCUT2D eigenvalue weighted by Crippen LogP contribution is -2.27. The molecule has 0 fully saturated rings. The van der Waals surface area contributed by atoms with Crippen molar-refractivity contribution in [3.8, 4) is 5.75 Å². The van der Waals surface area contributed by atoms with E-state index in [0.29, 0.717) is 6.04 Å². The molecule has 0 radical (unpaired) electrons. The molecular weight excluding hydrogens is 246 g/mol. The third-order valence-electron chi connectivity index (χ3n) is 4.09. The van der Waals surface area contributed by atoms with Gasteiger partial charge in [0.05, 0.1) is 0 Å². The lowest BCUT2D eigenvalue weighted by atomic mass is 10.1. The van der Waals surface area contributed by atoms with E-state index in [9.17, 15) is 0 Å². The van der Waals surface area contributed by atoms with Crippen LogP contribution >= 0.6 is 0 Å². The number of benzene rings is 2. The van der Waals surface area contributed by atoms with Crippen molar-refractivity contribution in [2.45, 2.75) is 18.9 Å². The molecule has 0 N–H and O–H groups in total. The van der Waals surface area contributed by atoms with Crippen molar-refractivity contribution < 1.29 is 4.74 Å². The molecule has 3 rings (SSSR count). The van der Waals surface area contributed by atoms with E-state index in [2.05, 4.69) is 36.2 Å². The summed E-state index contributed by atoms with van der Waals surface area (Å²) in [6.45, 7) is 1.69. The summed E-state index contributed by atoms with van der Waals surface area (Å²) in [5.74, 6) is 0.952. The van der Waals surface area contributed by atoms with Crippen LogP contribution in [0.4, 0.5) is 0 Å². The Bertz CT molecular complexity index is 552. The van der Waals surface area contributed by atoms with E-state index in [1.165, 1.54) is 24.0 Å². The van der Waals surface area contributed by atoms with Crippen molar-refractivity contribution in [2.24, 2.45) is 0 Å². The second-order valence-electron chi connectivity index (χ2n) is 5.40. The predicted molar refractivity (Wildman–Crippen MR) is 82.1 cm³/mol. The van der Waals surface area contributed by atoms with E-state index in [1.54, 1.807) is 0 Å². The number of aryl methyl sites for hydroxylation is 1. The maximum atomic E-state index is 5.78. The summed E-state index contributed by atoms with van der Waals surface area (Å²) in [6.07, 6.45) is 2.42. The van der Waals surface area contributed by atoms with Crippen molar-refractivity contribution in [3.63, 3.8) is 0 Å². The Hall–Kier alpha value is -1.80. The molecule has 0 spiro atoms. The average molecular weight is 267 g/mol. The van der Waals surface area contributed by atoms with Crippen LogP contribution in [0, 0.1) is 0 Å². The van der Waals surface area contributed by atoms with Crippen LogP contribution in [0.2, 0.25) is 0 Å². The number of likely N-dealkylation sites (N-methyl/N-ethyl adjacent to an activating group) is 1. The molecule has 0 aromatic heterocycles. The molecule has 2 aromatic rings. The van der Waals surface area contributed by atoms with Gasteiger partial charge in [-0.2, -0.15) is 0 Å². The van der Waals surface area contributed by atoms with E-state index in [4.69, 9.17) is 4.74 Å². The number of fused-ring (bicyclic) bond motifs is 1. The predicted octanol–water partition coefficient (Wildman–Crippen LogP) is 3.68. The fourth-order valence-corrected chi connectivity index (χ4v) is 2.97. The van der Waals surface area contributed by atoms with Crippen LogP contribution in [-0.2, 0) is 6.42 Å². The molecule has 1 aliphatic carbocycles. The van der Waals surface area contributed by atoms with Crippen molar-refractivity contribution in [2.75, 3.05) is 20.2 Å².